The molecule has 0 aliphatic carbocycles. The number of carbonyl (C=O) groups is 1. The summed E-state index contributed by atoms with van der Waals surface area (Å²) in [7, 11) is 0. The zero-order chi connectivity index (χ0) is 16.1. The monoisotopic (exact) mass is 315 g/mol. The molecule has 1 heterocycles. The fraction of sp³-hybridized carbons (Fsp3) is 0.278. The first kappa shape index (κ1) is 15.5. The van der Waals surface area contributed by atoms with Crippen molar-refractivity contribution in [3.8, 4) is 5.75 Å². The predicted octanol–water partition coefficient (Wildman–Crippen LogP) is 3.64. The van der Waals surface area contributed by atoms with Gasteiger partial charge in [0.25, 0.3) is 5.91 Å². The zero-order valence-corrected chi connectivity index (χ0v) is 12.6. The molecule has 3 rings (SSSR count). The van der Waals surface area contributed by atoms with Crippen LogP contribution in [-0.4, -0.2) is 25.2 Å². The van der Waals surface area contributed by atoms with Gasteiger partial charge in [0, 0.05) is 23.9 Å². The second-order valence-electron chi connectivity index (χ2n) is 5.44. The Balaban J connectivity index is 1.61. The molecule has 0 aromatic heterocycles. The average Bonchev–Trinajstić information content (AvgIpc) is 3.07. The van der Waals surface area contributed by atoms with Gasteiger partial charge in [0.1, 0.15) is 18.2 Å². The van der Waals surface area contributed by atoms with Crippen LogP contribution >= 0.6 is 0 Å². The van der Waals surface area contributed by atoms with Gasteiger partial charge >= 0.3 is 0 Å². The summed E-state index contributed by atoms with van der Waals surface area (Å²) in [6.07, 6.45) is 2.22. The van der Waals surface area contributed by atoms with Crippen molar-refractivity contribution in [3.05, 3.63) is 59.9 Å². The fourth-order valence-electron chi connectivity index (χ4n) is 2.46. The maximum Gasteiger partial charge on any atom is 0.255 e. The van der Waals surface area contributed by atoms with E-state index in [1.54, 1.807) is 24.3 Å². The van der Waals surface area contributed by atoms with E-state index in [0.717, 1.165) is 19.4 Å². The molecule has 2 aromatic rings. The summed E-state index contributed by atoms with van der Waals surface area (Å²) in [4.78, 5) is 12.1. The molecule has 0 radical (unpaired) electrons. The number of benzene rings is 2. The van der Waals surface area contributed by atoms with Crippen molar-refractivity contribution < 1.29 is 18.7 Å². The third kappa shape index (κ3) is 4.29. The van der Waals surface area contributed by atoms with Crippen LogP contribution in [0.1, 0.15) is 23.2 Å². The summed E-state index contributed by atoms with van der Waals surface area (Å²) in [5, 5.41) is 2.74. The number of nitrogens with one attached hydrogen (secondary N) is 1. The van der Waals surface area contributed by atoms with E-state index in [-0.39, 0.29) is 17.6 Å². The first-order valence-electron chi connectivity index (χ1n) is 7.62. The van der Waals surface area contributed by atoms with Gasteiger partial charge in [-0.1, -0.05) is 12.1 Å². The van der Waals surface area contributed by atoms with Crippen molar-refractivity contribution in [1.82, 2.24) is 0 Å². The Morgan fingerprint density at radius 1 is 1.26 bits per heavy atom. The number of carbonyl (C=O) groups excluding carboxylic acids is 1. The fourth-order valence-corrected chi connectivity index (χ4v) is 2.46. The van der Waals surface area contributed by atoms with E-state index >= 15 is 0 Å². The van der Waals surface area contributed by atoms with Crippen LogP contribution in [-0.2, 0) is 4.74 Å². The quantitative estimate of drug-likeness (QED) is 0.916. The number of anilines is 1. The molecular formula is C18H18FNO3. The lowest BCUT2D eigenvalue weighted by molar-refractivity contribution is 0.0680. The lowest BCUT2D eigenvalue weighted by atomic mass is 10.2. The smallest absolute Gasteiger partial charge is 0.255 e. The van der Waals surface area contributed by atoms with Gasteiger partial charge < -0.3 is 14.8 Å². The van der Waals surface area contributed by atoms with Gasteiger partial charge in [-0.05, 0) is 43.2 Å². The number of ether oxygens (including phenoxy) is 2. The Kier molecular flexibility index (Phi) is 4.88. The first-order valence-corrected chi connectivity index (χ1v) is 7.62. The highest BCUT2D eigenvalue weighted by atomic mass is 19.1. The molecule has 0 unspecified atom stereocenters. The molecule has 120 valence electrons. The highest BCUT2D eigenvalue weighted by Gasteiger charge is 2.16. The van der Waals surface area contributed by atoms with Gasteiger partial charge in [-0.15, -0.1) is 0 Å². The van der Waals surface area contributed by atoms with Crippen LogP contribution in [0.4, 0.5) is 10.1 Å². The maximum absolute atomic E-state index is 13.2. The minimum absolute atomic E-state index is 0.139. The Labute approximate surface area is 134 Å². The van der Waals surface area contributed by atoms with Gasteiger partial charge in [-0.3, -0.25) is 4.79 Å². The predicted molar refractivity (Wildman–Crippen MR) is 85.3 cm³/mol. The normalized spacial score (nSPS) is 17.0. The summed E-state index contributed by atoms with van der Waals surface area (Å²) < 4.78 is 24.4. The minimum atomic E-state index is -0.439. The molecule has 0 bridgehead atoms. The Hall–Kier alpha value is -2.40. The molecule has 4 nitrogen and oxygen atoms in total. The number of halogens is 1. The highest BCUT2D eigenvalue weighted by molar-refractivity contribution is 6.04. The Morgan fingerprint density at radius 2 is 2.13 bits per heavy atom. The molecular weight excluding hydrogens is 297 g/mol. The SMILES string of the molecule is O=C(Nc1cccc(OC[C@@H]2CCCO2)c1)c1cccc(F)c1. The molecule has 1 aliphatic rings. The molecule has 1 atom stereocenters. The van der Waals surface area contributed by atoms with Gasteiger partial charge in [0.2, 0.25) is 0 Å². The standard InChI is InChI=1S/C18H18FNO3/c19-14-5-1-4-13(10-14)18(21)20-15-6-2-7-16(11-15)23-12-17-8-3-9-22-17/h1-2,4-7,10-11,17H,3,8-9,12H2,(H,20,21)/t17-/m0/s1. The van der Waals surface area contributed by atoms with Crippen molar-refractivity contribution in [2.75, 3.05) is 18.5 Å². The second-order valence-corrected chi connectivity index (χ2v) is 5.44. The third-order valence-electron chi connectivity index (χ3n) is 3.64. The van der Waals surface area contributed by atoms with E-state index in [4.69, 9.17) is 9.47 Å². The van der Waals surface area contributed by atoms with Crippen LogP contribution in [0.2, 0.25) is 0 Å². The molecule has 0 saturated carbocycles. The molecule has 2 aromatic carbocycles. The molecule has 1 aliphatic heterocycles. The third-order valence-corrected chi connectivity index (χ3v) is 3.64. The summed E-state index contributed by atoms with van der Waals surface area (Å²) in [6.45, 7) is 1.29. The topological polar surface area (TPSA) is 47.6 Å². The number of rotatable bonds is 5. The molecule has 1 saturated heterocycles. The van der Waals surface area contributed by atoms with Gasteiger partial charge in [-0.2, -0.15) is 0 Å². The second kappa shape index (κ2) is 7.24. The average molecular weight is 315 g/mol. The zero-order valence-electron chi connectivity index (χ0n) is 12.6. The number of amides is 1. The first-order chi connectivity index (χ1) is 11.2. The van der Waals surface area contributed by atoms with E-state index in [0.29, 0.717) is 18.0 Å². The van der Waals surface area contributed by atoms with Crippen molar-refractivity contribution in [1.29, 1.82) is 0 Å². The van der Waals surface area contributed by atoms with Gasteiger partial charge in [0.05, 0.1) is 6.10 Å². The molecule has 1 amide bonds. The van der Waals surface area contributed by atoms with Crippen LogP contribution in [0.15, 0.2) is 48.5 Å². The van der Waals surface area contributed by atoms with E-state index in [9.17, 15) is 9.18 Å². The van der Waals surface area contributed by atoms with Crippen LogP contribution in [0.25, 0.3) is 0 Å². The van der Waals surface area contributed by atoms with Crippen molar-refractivity contribution in [2.45, 2.75) is 18.9 Å². The molecule has 1 fully saturated rings. The van der Waals surface area contributed by atoms with Gasteiger partial charge in [-0.25, -0.2) is 4.39 Å². The summed E-state index contributed by atoms with van der Waals surface area (Å²) in [5.74, 6) is -0.135. The summed E-state index contributed by atoms with van der Waals surface area (Å²) in [6, 6.07) is 12.7. The van der Waals surface area contributed by atoms with Crippen LogP contribution in [0.3, 0.4) is 0 Å². The Bertz CT molecular complexity index is 683. The van der Waals surface area contributed by atoms with E-state index in [1.165, 1.54) is 18.2 Å². The Morgan fingerprint density at radius 3 is 2.91 bits per heavy atom. The van der Waals surface area contributed by atoms with Crippen molar-refractivity contribution in [3.63, 3.8) is 0 Å². The molecule has 23 heavy (non-hydrogen) atoms. The largest absolute Gasteiger partial charge is 0.491 e. The van der Waals surface area contributed by atoms with E-state index in [2.05, 4.69) is 5.32 Å². The summed E-state index contributed by atoms with van der Waals surface area (Å²) >= 11 is 0. The van der Waals surface area contributed by atoms with Gasteiger partial charge in [0.15, 0.2) is 0 Å². The van der Waals surface area contributed by atoms with E-state index < -0.39 is 5.82 Å². The van der Waals surface area contributed by atoms with Crippen LogP contribution in [0.5, 0.6) is 5.75 Å². The molecule has 1 N–H and O–H groups in total. The van der Waals surface area contributed by atoms with Crippen molar-refractivity contribution >= 4 is 11.6 Å². The lowest BCUT2D eigenvalue weighted by Gasteiger charge is -2.12. The van der Waals surface area contributed by atoms with Crippen LogP contribution in [0, 0.1) is 5.82 Å². The van der Waals surface area contributed by atoms with Crippen molar-refractivity contribution in [2.24, 2.45) is 0 Å². The number of hydrogen-bond acceptors (Lipinski definition) is 3. The summed E-state index contributed by atoms with van der Waals surface area (Å²) in [5.41, 5.74) is 0.875. The minimum Gasteiger partial charge on any atom is -0.491 e. The van der Waals surface area contributed by atoms with Crippen LogP contribution < -0.4 is 10.1 Å². The highest BCUT2D eigenvalue weighted by Crippen LogP contribution is 2.20. The molecule has 0 spiro atoms. The number of hydrogen-bond donors (Lipinski definition) is 1. The van der Waals surface area contributed by atoms with E-state index in [1.807, 2.05) is 6.07 Å². The molecule has 5 heteroatoms. The lowest BCUT2D eigenvalue weighted by Crippen LogP contribution is -2.16. The maximum atomic E-state index is 13.2.